The molecule has 4 atom stereocenters. The molecular formula is C11H16N5O6P. The van der Waals surface area contributed by atoms with Gasteiger partial charge in [-0.15, -0.1) is 0 Å². The van der Waals surface area contributed by atoms with Gasteiger partial charge in [-0.05, 0) is 0 Å². The number of ether oxygens (including phenoxy) is 1. The third kappa shape index (κ3) is 3.20. The highest BCUT2D eigenvalue weighted by molar-refractivity contribution is 7.47. The van der Waals surface area contributed by atoms with Gasteiger partial charge in [0, 0.05) is 13.5 Å². The maximum atomic E-state index is 11.3. The van der Waals surface area contributed by atoms with E-state index in [2.05, 4.69) is 19.5 Å². The molecule has 11 nitrogen and oxygen atoms in total. The van der Waals surface area contributed by atoms with Gasteiger partial charge < -0.3 is 20.5 Å². The summed E-state index contributed by atoms with van der Waals surface area (Å²) in [6.07, 6.45) is 0.816. The van der Waals surface area contributed by atoms with Crippen molar-refractivity contribution in [3.63, 3.8) is 0 Å². The van der Waals surface area contributed by atoms with Crippen molar-refractivity contribution in [1.82, 2.24) is 19.5 Å². The summed E-state index contributed by atoms with van der Waals surface area (Å²) >= 11 is 0. The quantitative estimate of drug-likeness (QED) is 0.621. The number of nitrogens with zero attached hydrogens (tertiary/aromatic N) is 4. The largest absolute Gasteiger partial charge is 0.472 e. The first-order valence-corrected chi connectivity index (χ1v) is 8.20. The van der Waals surface area contributed by atoms with Gasteiger partial charge in [0.2, 0.25) is 0 Å². The van der Waals surface area contributed by atoms with Crippen LogP contribution in [-0.2, 0) is 18.3 Å². The Bertz CT molecular complexity index is 754. The lowest BCUT2D eigenvalue weighted by Gasteiger charge is -2.17. The predicted molar refractivity (Wildman–Crippen MR) is 77.1 cm³/mol. The topological polar surface area (TPSA) is 155 Å². The molecule has 23 heavy (non-hydrogen) atoms. The molecule has 126 valence electrons. The Morgan fingerprint density at radius 1 is 1.52 bits per heavy atom. The molecule has 1 aliphatic rings. The first kappa shape index (κ1) is 16.2. The number of anilines is 1. The van der Waals surface area contributed by atoms with E-state index in [9.17, 15) is 14.6 Å². The van der Waals surface area contributed by atoms with Crippen LogP contribution in [0, 0.1) is 0 Å². The van der Waals surface area contributed by atoms with E-state index in [-0.39, 0.29) is 18.8 Å². The van der Waals surface area contributed by atoms with Gasteiger partial charge in [-0.25, -0.2) is 19.5 Å². The van der Waals surface area contributed by atoms with Gasteiger partial charge in [-0.3, -0.25) is 13.6 Å². The molecule has 0 bridgehead atoms. The summed E-state index contributed by atoms with van der Waals surface area (Å²) in [6.45, 7) is -0.289. The smallest absolute Gasteiger partial charge is 0.390 e. The molecule has 1 fully saturated rings. The predicted octanol–water partition coefficient (Wildman–Crippen LogP) is -0.180. The number of hydrogen-bond acceptors (Lipinski definition) is 9. The van der Waals surface area contributed by atoms with Crippen LogP contribution in [0.25, 0.3) is 11.2 Å². The average molecular weight is 345 g/mol. The van der Waals surface area contributed by atoms with Crippen LogP contribution in [0.2, 0.25) is 0 Å². The minimum absolute atomic E-state index is 0.242. The molecule has 0 aliphatic carbocycles. The first-order chi connectivity index (χ1) is 10.9. The zero-order chi connectivity index (χ0) is 16.6. The SMILES string of the molecule is COP(=O)(O)OC[C@H]1O[C@@H](n2cnc3c(N)ncnc32)C[C@H]1O. The second-order valence-electron chi connectivity index (χ2n) is 4.96. The summed E-state index contributed by atoms with van der Waals surface area (Å²) in [6, 6.07) is 0. The molecule has 12 heteroatoms. The number of fused-ring (bicyclic) bond motifs is 1. The van der Waals surface area contributed by atoms with Gasteiger partial charge in [-0.1, -0.05) is 0 Å². The Morgan fingerprint density at radius 3 is 3.04 bits per heavy atom. The number of aliphatic hydroxyl groups is 1. The van der Waals surface area contributed by atoms with Crippen molar-refractivity contribution in [3.8, 4) is 0 Å². The maximum Gasteiger partial charge on any atom is 0.472 e. The van der Waals surface area contributed by atoms with E-state index in [1.54, 1.807) is 4.57 Å². The number of nitrogens with two attached hydrogens (primary N) is 1. The molecule has 1 saturated heterocycles. The summed E-state index contributed by atoms with van der Waals surface area (Å²) in [5, 5.41) is 10.0. The zero-order valence-corrected chi connectivity index (χ0v) is 13.0. The summed E-state index contributed by atoms with van der Waals surface area (Å²) < 4.78 is 27.6. The monoisotopic (exact) mass is 345 g/mol. The van der Waals surface area contributed by atoms with Gasteiger partial charge in [-0.2, -0.15) is 0 Å². The van der Waals surface area contributed by atoms with Crippen LogP contribution < -0.4 is 5.73 Å². The van der Waals surface area contributed by atoms with Crippen LogP contribution in [0.15, 0.2) is 12.7 Å². The molecule has 3 heterocycles. The average Bonchev–Trinajstić information content (AvgIpc) is 3.10. The zero-order valence-electron chi connectivity index (χ0n) is 12.1. The van der Waals surface area contributed by atoms with E-state index in [4.69, 9.17) is 15.0 Å². The van der Waals surface area contributed by atoms with Crippen molar-refractivity contribution in [3.05, 3.63) is 12.7 Å². The first-order valence-electron chi connectivity index (χ1n) is 6.71. The fraction of sp³-hybridized carbons (Fsp3) is 0.545. The molecule has 0 amide bonds. The van der Waals surface area contributed by atoms with Crippen molar-refractivity contribution in [2.24, 2.45) is 0 Å². The van der Waals surface area contributed by atoms with Crippen molar-refractivity contribution in [1.29, 1.82) is 0 Å². The molecule has 1 unspecified atom stereocenters. The number of rotatable bonds is 5. The summed E-state index contributed by atoms with van der Waals surface area (Å²) in [5.41, 5.74) is 6.63. The lowest BCUT2D eigenvalue weighted by molar-refractivity contribution is -0.0431. The normalized spacial score (nSPS) is 27.3. The number of aliphatic hydroxyl groups excluding tert-OH is 1. The molecular weight excluding hydrogens is 329 g/mol. The molecule has 0 spiro atoms. The molecule has 2 aromatic rings. The highest BCUT2D eigenvalue weighted by Gasteiger charge is 2.37. The Morgan fingerprint density at radius 2 is 2.30 bits per heavy atom. The third-order valence-corrected chi connectivity index (χ3v) is 4.47. The lowest BCUT2D eigenvalue weighted by atomic mass is 10.2. The standard InChI is InChI=1S/C11H16N5O6P/c1-20-23(18,19)21-3-7-6(17)2-8(22-7)16-5-15-9-10(12)13-4-14-11(9)16/h4-8,17H,2-3H2,1H3,(H,18,19)(H2,12,13,14)/t6-,7-,8-/m1/s1. The second kappa shape index (κ2) is 6.11. The third-order valence-electron chi connectivity index (χ3n) is 3.53. The molecule has 3 rings (SSSR count). The fourth-order valence-electron chi connectivity index (χ4n) is 2.34. The van der Waals surface area contributed by atoms with Gasteiger partial charge in [0.1, 0.15) is 24.2 Å². The Hall–Kier alpha value is -1.62. The van der Waals surface area contributed by atoms with E-state index in [1.807, 2.05) is 0 Å². The Balaban J connectivity index is 1.75. The fourth-order valence-corrected chi connectivity index (χ4v) is 2.78. The van der Waals surface area contributed by atoms with Crippen molar-refractivity contribution in [2.45, 2.75) is 24.9 Å². The molecule has 1 aliphatic heterocycles. The number of imidazole rings is 1. The number of aromatic nitrogens is 4. The van der Waals surface area contributed by atoms with Gasteiger partial charge >= 0.3 is 7.82 Å². The number of nitrogen functional groups attached to an aromatic ring is 1. The lowest BCUT2D eigenvalue weighted by Crippen LogP contribution is -2.26. The number of phosphoric acid groups is 1. The van der Waals surface area contributed by atoms with Crippen LogP contribution in [0.3, 0.4) is 0 Å². The van der Waals surface area contributed by atoms with E-state index < -0.39 is 26.3 Å². The molecule has 0 saturated carbocycles. The van der Waals surface area contributed by atoms with Crippen LogP contribution in [0.4, 0.5) is 5.82 Å². The van der Waals surface area contributed by atoms with E-state index >= 15 is 0 Å². The van der Waals surface area contributed by atoms with Crippen LogP contribution in [-0.4, -0.2) is 55.4 Å². The number of phosphoric ester groups is 1. The van der Waals surface area contributed by atoms with Gasteiger partial charge in [0.25, 0.3) is 0 Å². The Labute approximate surface area is 130 Å². The van der Waals surface area contributed by atoms with Gasteiger partial charge in [0.15, 0.2) is 11.5 Å². The second-order valence-corrected chi connectivity index (χ2v) is 6.52. The summed E-state index contributed by atoms with van der Waals surface area (Å²) in [7, 11) is -3.07. The van der Waals surface area contributed by atoms with Crippen molar-refractivity contribution >= 4 is 24.8 Å². The maximum absolute atomic E-state index is 11.3. The van der Waals surface area contributed by atoms with E-state index in [0.717, 1.165) is 7.11 Å². The van der Waals surface area contributed by atoms with Crippen molar-refractivity contribution < 1.29 is 28.3 Å². The molecule has 0 aromatic carbocycles. The van der Waals surface area contributed by atoms with Crippen molar-refractivity contribution in [2.75, 3.05) is 19.5 Å². The van der Waals surface area contributed by atoms with E-state index in [0.29, 0.717) is 11.2 Å². The van der Waals surface area contributed by atoms with Crippen LogP contribution >= 0.6 is 7.82 Å². The molecule has 0 radical (unpaired) electrons. The summed E-state index contributed by atoms with van der Waals surface area (Å²) in [5.74, 6) is 0.244. The number of hydrogen-bond donors (Lipinski definition) is 3. The molecule has 2 aromatic heterocycles. The van der Waals surface area contributed by atoms with Crippen LogP contribution in [0.5, 0.6) is 0 Å². The highest BCUT2D eigenvalue weighted by atomic mass is 31.2. The molecule has 4 N–H and O–H groups in total. The minimum Gasteiger partial charge on any atom is -0.390 e. The highest BCUT2D eigenvalue weighted by Crippen LogP contribution is 2.43. The van der Waals surface area contributed by atoms with Crippen LogP contribution in [0.1, 0.15) is 12.6 Å². The summed E-state index contributed by atoms with van der Waals surface area (Å²) in [4.78, 5) is 21.3. The minimum atomic E-state index is -4.13. The van der Waals surface area contributed by atoms with E-state index in [1.165, 1.54) is 12.7 Å². The Kier molecular flexibility index (Phi) is 4.32. The van der Waals surface area contributed by atoms with Gasteiger partial charge in [0.05, 0.1) is 19.0 Å².